The summed E-state index contributed by atoms with van der Waals surface area (Å²) >= 11 is 0. The summed E-state index contributed by atoms with van der Waals surface area (Å²) in [5, 5.41) is 0. The second-order valence-electron chi connectivity index (χ2n) is 7.75. The molecule has 0 radical (unpaired) electrons. The van der Waals surface area contributed by atoms with Gasteiger partial charge in [0, 0.05) is 18.9 Å². The van der Waals surface area contributed by atoms with Crippen molar-refractivity contribution in [2.24, 2.45) is 0 Å². The van der Waals surface area contributed by atoms with Crippen LogP contribution < -0.4 is 0 Å². The maximum atomic E-state index is 13.2. The molecule has 3 heterocycles. The molecule has 1 saturated carbocycles. The molecule has 1 aliphatic carbocycles. The number of hydrogen-bond donors (Lipinski definition) is 0. The molecule has 0 N–H and O–H groups in total. The van der Waals surface area contributed by atoms with Gasteiger partial charge >= 0.3 is 0 Å². The molecule has 2 aromatic heterocycles. The Labute approximate surface area is 158 Å². The second-order valence-corrected chi connectivity index (χ2v) is 7.75. The summed E-state index contributed by atoms with van der Waals surface area (Å²) in [5.74, 6) is 3.31. The number of fused-ring (bicyclic) bond motifs is 2. The minimum atomic E-state index is -0.294. The highest BCUT2D eigenvalue weighted by Crippen LogP contribution is 2.37. The van der Waals surface area contributed by atoms with Gasteiger partial charge < -0.3 is 13.9 Å². The van der Waals surface area contributed by atoms with Crippen LogP contribution in [0.1, 0.15) is 61.3 Å². The monoisotopic (exact) mass is 364 g/mol. The number of rotatable bonds is 3. The summed E-state index contributed by atoms with van der Waals surface area (Å²) in [6.07, 6.45) is 4.35. The van der Waals surface area contributed by atoms with E-state index >= 15 is 0 Å². The molecule has 3 aromatic rings. The lowest BCUT2D eigenvalue weighted by atomic mass is 9.85. The third-order valence-electron chi connectivity index (χ3n) is 6.03. The first-order chi connectivity index (χ1) is 13.1. The van der Waals surface area contributed by atoms with Crippen LogP contribution in [0.3, 0.4) is 0 Å². The molecule has 0 saturated heterocycles. The summed E-state index contributed by atoms with van der Waals surface area (Å²) in [5.41, 5.74) is 2.87. The molecule has 6 heteroatoms. The minimum absolute atomic E-state index is 0.111. The van der Waals surface area contributed by atoms with Gasteiger partial charge in [-0.1, -0.05) is 18.6 Å². The predicted octanol–water partition coefficient (Wildman–Crippen LogP) is 3.75. The van der Waals surface area contributed by atoms with Gasteiger partial charge in [0.1, 0.15) is 23.3 Å². The minimum Gasteiger partial charge on any atom is -0.445 e. The number of benzene rings is 1. The van der Waals surface area contributed by atoms with Crippen molar-refractivity contribution in [3.05, 3.63) is 47.4 Å². The average molecular weight is 364 g/mol. The van der Waals surface area contributed by atoms with Gasteiger partial charge in [-0.05, 0) is 38.8 Å². The van der Waals surface area contributed by atoms with E-state index in [-0.39, 0.29) is 11.9 Å². The van der Waals surface area contributed by atoms with E-state index in [9.17, 15) is 4.79 Å². The van der Waals surface area contributed by atoms with Crippen molar-refractivity contribution in [2.75, 3.05) is 6.54 Å². The van der Waals surface area contributed by atoms with E-state index in [2.05, 4.69) is 4.98 Å². The van der Waals surface area contributed by atoms with Crippen LogP contribution in [0.25, 0.3) is 11.0 Å². The van der Waals surface area contributed by atoms with Crippen molar-refractivity contribution >= 4 is 16.9 Å². The number of hydrogen-bond acceptors (Lipinski definition) is 4. The molecule has 1 amide bonds. The summed E-state index contributed by atoms with van der Waals surface area (Å²) in [7, 11) is 0. The van der Waals surface area contributed by atoms with Gasteiger partial charge in [0.2, 0.25) is 5.91 Å². The van der Waals surface area contributed by atoms with E-state index in [0.29, 0.717) is 19.0 Å². The van der Waals surface area contributed by atoms with Crippen LogP contribution in [0, 0.1) is 6.92 Å². The van der Waals surface area contributed by atoms with Gasteiger partial charge in [-0.25, -0.2) is 9.97 Å². The van der Waals surface area contributed by atoms with Crippen LogP contribution in [-0.4, -0.2) is 31.9 Å². The van der Waals surface area contributed by atoms with E-state index in [1.54, 1.807) is 0 Å². The van der Waals surface area contributed by atoms with E-state index in [1.807, 2.05) is 47.6 Å². The lowest BCUT2D eigenvalue weighted by molar-refractivity contribution is -0.135. The second kappa shape index (κ2) is 6.22. The molecule has 140 valence electrons. The molecule has 2 aliphatic rings. The van der Waals surface area contributed by atoms with Gasteiger partial charge in [0.05, 0.1) is 17.6 Å². The quantitative estimate of drug-likeness (QED) is 0.710. The zero-order valence-electron chi connectivity index (χ0n) is 15.8. The fraction of sp³-hybridized carbons (Fsp3) is 0.476. The number of amides is 1. The molecule has 0 bridgehead atoms. The molecule has 1 aliphatic heterocycles. The number of carbonyl (C=O) groups excluding carboxylic acids is 1. The normalized spacial score (nSPS) is 18.4. The molecule has 0 spiro atoms. The smallest absolute Gasteiger partial charge is 0.245 e. The van der Waals surface area contributed by atoms with E-state index in [4.69, 9.17) is 9.40 Å². The van der Waals surface area contributed by atoms with E-state index < -0.39 is 0 Å². The topological polar surface area (TPSA) is 64.2 Å². The number of carbonyl (C=O) groups is 1. The standard InChI is InChI=1S/C21H24N4O2/c1-13(25-14(2)22-16-8-3-4-9-18(16)25)21(26)24-11-10-19-17(12-24)23-20(27-19)15-6-5-7-15/h3-4,8-9,13,15H,5-7,10-12H2,1-2H3. The highest BCUT2D eigenvalue weighted by atomic mass is 16.4. The first kappa shape index (κ1) is 16.5. The Hall–Kier alpha value is -2.63. The van der Waals surface area contributed by atoms with Crippen LogP contribution in [0.4, 0.5) is 0 Å². The summed E-state index contributed by atoms with van der Waals surface area (Å²) in [4.78, 5) is 24.5. The first-order valence-electron chi connectivity index (χ1n) is 9.82. The van der Waals surface area contributed by atoms with Crippen molar-refractivity contribution in [3.63, 3.8) is 0 Å². The third kappa shape index (κ3) is 2.66. The predicted molar refractivity (Wildman–Crippen MR) is 101 cm³/mol. The van der Waals surface area contributed by atoms with Crippen LogP contribution in [0.5, 0.6) is 0 Å². The lowest BCUT2D eigenvalue weighted by Gasteiger charge is -2.29. The average Bonchev–Trinajstić information content (AvgIpc) is 3.17. The van der Waals surface area contributed by atoms with Crippen LogP contribution in [0.2, 0.25) is 0 Å². The highest BCUT2D eigenvalue weighted by Gasteiger charge is 2.32. The number of para-hydroxylation sites is 2. The Morgan fingerprint density at radius 1 is 1.26 bits per heavy atom. The molecule has 1 fully saturated rings. The molecular weight excluding hydrogens is 340 g/mol. The van der Waals surface area contributed by atoms with Crippen LogP contribution in [-0.2, 0) is 17.8 Å². The molecule has 5 rings (SSSR count). The maximum Gasteiger partial charge on any atom is 0.245 e. The Morgan fingerprint density at radius 2 is 2.07 bits per heavy atom. The zero-order valence-corrected chi connectivity index (χ0v) is 15.8. The summed E-state index contributed by atoms with van der Waals surface area (Å²) in [6, 6.07) is 7.68. The number of nitrogens with zero attached hydrogens (tertiary/aromatic N) is 4. The highest BCUT2D eigenvalue weighted by molar-refractivity contribution is 5.84. The molecule has 1 unspecified atom stereocenters. The van der Waals surface area contributed by atoms with Gasteiger partial charge in [0.25, 0.3) is 0 Å². The number of aryl methyl sites for hydroxylation is 1. The fourth-order valence-corrected chi connectivity index (χ4v) is 4.26. The lowest BCUT2D eigenvalue weighted by Crippen LogP contribution is -2.39. The molecular formula is C21H24N4O2. The number of oxazole rings is 1. The Kier molecular flexibility index (Phi) is 3.81. The Morgan fingerprint density at radius 3 is 2.85 bits per heavy atom. The summed E-state index contributed by atoms with van der Waals surface area (Å²) < 4.78 is 8.02. The van der Waals surface area contributed by atoms with E-state index in [0.717, 1.165) is 40.6 Å². The maximum absolute atomic E-state index is 13.2. The van der Waals surface area contributed by atoms with Crippen molar-refractivity contribution in [1.82, 2.24) is 19.4 Å². The van der Waals surface area contributed by atoms with Gasteiger partial charge in [-0.3, -0.25) is 4.79 Å². The van der Waals surface area contributed by atoms with Crippen molar-refractivity contribution < 1.29 is 9.21 Å². The van der Waals surface area contributed by atoms with Crippen molar-refractivity contribution in [1.29, 1.82) is 0 Å². The van der Waals surface area contributed by atoms with Crippen LogP contribution >= 0.6 is 0 Å². The van der Waals surface area contributed by atoms with Gasteiger partial charge in [0.15, 0.2) is 5.89 Å². The fourth-order valence-electron chi connectivity index (χ4n) is 4.26. The molecule has 1 atom stereocenters. The largest absolute Gasteiger partial charge is 0.445 e. The summed E-state index contributed by atoms with van der Waals surface area (Å²) in [6.45, 7) is 5.14. The SMILES string of the molecule is Cc1nc2ccccc2n1C(C)C(=O)N1CCc2oc(C3CCC3)nc2C1. The Balaban J connectivity index is 1.39. The van der Waals surface area contributed by atoms with Crippen molar-refractivity contribution in [3.8, 4) is 0 Å². The van der Waals surface area contributed by atoms with Crippen molar-refractivity contribution in [2.45, 2.75) is 58.0 Å². The third-order valence-corrected chi connectivity index (χ3v) is 6.03. The number of imidazole rings is 1. The Bertz CT molecular complexity index is 1010. The van der Waals surface area contributed by atoms with Gasteiger partial charge in [-0.2, -0.15) is 0 Å². The van der Waals surface area contributed by atoms with Gasteiger partial charge in [-0.15, -0.1) is 0 Å². The molecule has 6 nitrogen and oxygen atoms in total. The molecule has 1 aromatic carbocycles. The molecule has 27 heavy (non-hydrogen) atoms. The zero-order chi connectivity index (χ0) is 18.5. The number of aromatic nitrogens is 3. The van der Waals surface area contributed by atoms with E-state index in [1.165, 1.54) is 19.3 Å². The van der Waals surface area contributed by atoms with Crippen LogP contribution in [0.15, 0.2) is 28.7 Å². The first-order valence-corrected chi connectivity index (χ1v) is 9.82.